The molecule has 0 aliphatic carbocycles. The highest BCUT2D eigenvalue weighted by Crippen LogP contribution is 1.73. The van der Waals surface area contributed by atoms with Gasteiger partial charge in [0.2, 0.25) is 0 Å². The van der Waals surface area contributed by atoms with Crippen LogP contribution < -0.4 is 0 Å². The van der Waals surface area contributed by atoms with Gasteiger partial charge in [0.25, 0.3) is 0 Å². The summed E-state index contributed by atoms with van der Waals surface area (Å²) in [6, 6.07) is 5.72. The summed E-state index contributed by atoms with van der Waals surface area (Å²) in [4.78, 5) is 3.78. The summed E-state index contributed by atoms with van der Waals surface area (Å²) in [5.74, 6) is 0. The van der Waals surface area contributed by atoms with Crippen molar-refractivity contribution in [3.63, 3.8) is 0 Å². The smallest absolute Gasteiger partial charge is 0.0267 e. The maximum Gasteiger partial charge on any atom is 0.0267 e. The molecule has 1 rings (SSSR count). The van der Waals surface area contributed by atoms with Crippen LogP contribution in [-0.2, 0) is 0 Å². The first-order chi connectivity index (χ1) is 5.00. The van der Waals surface area contributed by atoms with E-state index in [4.69, 9.17) is 0 Å². The molecule has 0 saturated carbocycles. The van der Waals surface area contributed by atoms with Crippen molar-refractivity contribution in [3.05, 3.63) is 43.8 Å². The Kier molecular flexibility index (Phi) is 18.3. The summed E-state index contributed by atoms with van der Waals surface area (Å²) < 4.78 is 0. The largest absolute Gasteiger partial charge is 0.265 e. The van der Waals surface area contributed by atoms with Crippen molar-refractivity contribution >= 4 is 0 Å². The number of hydrogen-bond acceptors (Lipinski definition) is 1. The number of hydrogen-bond donors (Lipinski definition) is 0. The fraction of sp³-hybridized carbons (Fsp3) is 0.222. The monoisotopic (exact) mass is 137 g/mol. The molecular weight excluding hydrogens is 122 g/mol. The SMILES string of the molecule is C=C.CC.c1ccncc1. The van der Waals surface area contributed by atoms with Gasteiger partial charge in [0, 0.05) is 12.4 Å². The van der Waals surface area contributed by atoms with Gasteiger partial charge >= 0.3 is 0 Å². The number of rotatable bonds is 0. The van der Waals surface area contributed by atoms with Gasteiger partial charge in [-0.25, -0.2) is 0 Å². The predicted molar refractivity (Wildman–Crippen MR) is 46.8 cm³/mol. The van der Waals surface area contributed by atoms with Gasteiger partial charge in [0.1, 0.15) is 0 Å². The Morgan fingerprint density at radius 2 is 1.30 bits per heavy atom. The fourth-order valence-electron chi connectivity index (χ4n) is 0.313. The summed E-state index contributed by atoms with van der Waals surface area (Å²) in [6.07, 6.45) is 3.50. The van der Waals surface area contributed by atoms with Gasteiger partial charge in [-0.3, -0.25) is 4.98 Å². The number of nitrogens with zero attached hydrogens (tertiary/aromatic N) is 1. The molecule has 0 atom stereocenters. The lowest BCUT2D eigenvalue weighted by Crippen LogP contribution is -1.58. The van der Waals surface area contributed by atoms with Crippen molar-refractivity contribution in [1.82, 2.24) is 4.98 Å². The summed E-state index contributed by atoms with van der Waals surface area (Å²) in [5, 5.41) is 0. The van der Waals surface area contributed by atoms with Crippen molar-refractivity contribution in [3.8, 4) is 0 Å². The van der Waals surface area contributed by atoms with Crippen LogP contribution in [0.2, 0.25) is 0 Å². The van der Waals surface area contributed by atoms with E-state index in [9.17, 15) is 0 Å². The second-order valence-electron chi connectivity index (χ2n) is 1.02. The molecule has 0 unspecified atom stereocenters. The lowest BCUT2D eigenvalue weighted by molar-refractivity contribution is 1.33. The van der Waals surface area contributed by atoms with Crippen LogP contribution in [0.3, 0.4) is 0 Å². The molecule has 0 spiro atoms. The normalized spacial score (nSPS) is 5.80. The molecule has 0 radical (unpaired) electrons. The van der Waals surface area contributed by atoms with Crippen molar-refractivity contribution in [2.45, 2.75) is 13.8 Å². The molecule has 0 N–H and O–H groups in total. The molecule has 0 aliphatic rings. The van der Waals surface area contributed by atoms with Crippen molar-refractivity contribution in [2.75, 3.05) is 0 Å². The summed E-state index contributed by atoms with van der Waals surface area (Å²) in [5.41, 5.74) is 0. The molecular formula is C9H15N. The van der Waals surface area contributed by atoms with Crippen LogP contribution in [0.1, 0.15) is 13.8 Å². The average molecular weight is 137 g/mol. The van der Waals surface area contributed by atoms with E-state index in [1.165, 1.54) is 0 Å². The minimum absolute atomic E-state index is 1.75. The van der Waals surface area contributed by atoms with E-state index in [1.807, 2.05) is 32.0 Å². The summed E-state index contributed by atoms with van der Waals surface area (Å²) in [6.45, 7) is 10.0. The van der Waals surface area contributed by atoms with Crippen LogP contribution >= 0.6 is 0 Å². The predicted octanol–water partition coefficient (Wildman–Crippen LogP) is 2.91. The number of aromatic nitrogens is 1. The van der Waals surface area contributed by atoms with Crippen LogP contribution in [0.4, 0.5) is 0 Å². The zero-order chi connectivity index (χ0) is 8.24. The quantitative estimate of drug-likeness (QED) is 0.501. The van der Waals surface area contributed by atoms with Gasteiger partial charge in [0.15, 0.2) is 0 Å². The molecule has 0 bridgehead atoms. The minimum Gasteiger partial charge on any atom is -0.265 e. The topological polar surface area (TPSA) is 12.9 Å². The molecule has 1 heteroatoms. The van der Waals surface area contributed by atoms with E-state index in [1.54, 1.807) is 12.4 Å². The highest BCUT2D eigenvalue weighted by atomic mass is 14.6. The van der Waals surface area contributed by atoms with E-state index in [0.29, 0.717) is 0 Å². The Morgan fingerprint density at radius 3 is 1.40 bits per heavy atom. The van der Waals surface area contributed by atoms with Gasteiger partial charge in [-0.1, -0.05) is 19.9 Å². The van der Waals surface area contributed by atoms with E-state index in [2.05, 4.69) is 18.1 Å². The van der Waals surface area contributed by atoms with Gasteiger partial charge < -0.3 is 0 Å². The molecule has 1 nitrogen and oxygen atoms in total. The van der Waals surface area contributed by atoms with Gasteiger partial charge in [-0.05, 0) is 12.1 Å². The third kappa shape index (κ3) is 10.00. The molecule has 0 fully saturated rings. The van der Waals surface area contributed by atoms with Crippen LogP contribution in [0.15, 0.2) is 43.8 Å². The zero-order valence-electron chi connectivity index (χ0n) is 6.75. The van der Waals surface area contributed by atoms with Crippen molar-refractivity contribution in [1.29, 1.82) is 0 Å². The van der Waals surface area contributed by atoms with E-state index in [0.717, 1.165) is 0 Å². The Bertz CT molecular complexity index is 87.6. The second kappa shape index (κ2) is 15.7. The maximum atomic E-state index is 3.78. The van der Waals surface area contributed by atoms with Crippen molar-refractivity contribution in [2.24, 2.45) is 0 Å². The summed E-state index contributed by atoms with van der Waals surface area (Å²) >= 11 is 0. The first-order valence-electron chi connectivity index (χ1n) is 3.35. The molecule has 1 aromatic rings. The molecule has 10 heavy (non-hydrogen) atoms. The highest BCUT2D eigenvalue weighted by molar-refractivity contribution is 4.88. The molecule has 0 aliphatic heterocycles. The first kappa shape index (κ1) is 11.7. The van der Waals surface area contributed by atoms with Gasteiger partial charge in [-0.15, -0.1) is 13.2 Å². The third-order valence-electron chi connectivity index (χ3n) is 0.566. The molecule has 0 aromatic carbocycles. The second-order valence-corrected chi connectivity index (χ2v) is 1.02. The zero-order valence-corrected chi connectivity index (χ0v) is 6.75. The van der Waals surface area contributed by atoms with Gasteiger partial charge in [0.05, 0.1) is 0 Å². The van der Waals surface area contributed by atoms with Crippen LogP contribution in [0.25, 0.3) is 0 Å². The lowest BCUT2D eigenvalue weighted by atomic mass is 10.5. The summed E-state index contributed by atoms with van der Waals surface area (Å²) in [7, 11) is 0. The van der Waals surface area contributed by atoms with E-state index >= 15 is 0 Å². The Morgan fingerprint density at radius 1 is 0.900 bits per heavy atom. The van der Waals surface area contributed by atoms with Crippen molar-refractivity contribution < 1.29 is 0 Å². The average Bonchev–Trinajstić information content (AvgIpc) is 2.14. The Labute approximate surface area is 63.4 Å². The van der Waals surface area contributed by atoms with Crippen LogP contribution in [-0.4, -0.2) is 4.98 Å². The van der Waals surface area contributed by atoms with Crippen LogP contribution in [0, 0.1) is 0 Å². The molecule has 1 aromatic heterocycles. The third-order valence-corrected chi connectivity index (χ3v) is 0.566. The number of pyridine rings is 1. The van der Waals surface area contributed by atoms with Gasteiger partial charge in [-0.2, -0.15) is 0 Å². The standard InChI is InChI=1S/C5H5N.C2H6.C2H4/c1-2-4-6-5-3-1;2*1-2/h1-5H;1-2H3;1-2H2. The van der Waals surface area contributed by atoms with E-state index < -0.39 is 0 Å². The maximum absolute atomic E-state index is 3.78. The molecule has 1 heterocycles. The minimum atomic E-state index is 1.75. The first-order valence-corrected chi connectivity index (χ1v) is 3.35. The Hall–Kier alpha value is -1.11. The molecule has 0 amide bonds. The molecule has 0 saturated heterocycles. The Balaban J connectivity index is 0. The lowest BCUT2D eigenvalue weighted by Gasteiger charge is -1.70. The fourth-order valence-corrected chi connectivity index (χ4v) is 0.313. The molecule has 56 valence electrons. The van der Waals surface area contributed by atoms with E-state index in [-0.39, 0.29) is 0 Å². The highest BCUT2D eigenvalue weighted by Gasteiger charge is 1.58. The van der Waals surface area contributed by atoms with Crippen LogP contribution in [0.5, 0.6) is 0 Å².